The highest BCUT2D eigenvalue weighted by atomic mass is 79.9. The predicted molar refractivity (Wildman–Crippen MR) is 104 cm³/mol. The van der Waals surface area contributed by atoms with Gasteiger partial charge in [-0.25, -0.2) is 9.55 Å². The van der Waals surface area contributed by atoms with Gasteiger partial charge in [-0.3, -0.25) is 9.20 Å². The van der Waals surface area contributed by atoms with Crippen LogP contribution in [-0.4, -0.2) is 14.0 Å². The zero-order valence-electron chi connectivity index (χ0n) is 13.1. The Morgan fingerprint density at radius 2 is 1.60 bits per heavy atom. The van der Waals surface area contributed by atoms with Gasteiger partial charge in [0.25, 0.3) is 5.56 Å². The molecule has 0 aliphatic heterocycles. The molecule has 0 unspecified atom stereocenters. The van der Waals surface area contributed by atoms with E-state index in [4.69, 9.17) is 4.98 Å². The molecule has 2 aromatic heterocycles. The number of benzene rings is 3. The van der Waals surface area contributed by atoms with Crippen LogP contribution in [0.2, 0.25) is 0 Å². The summed E-state index contributed by atoms with van der Waals surface area (Å²) in [6.45, 7) is 0. The van der Waals surface area contributed by atoms with Crippen molar-refractivity contribution in [3.8, 4) is 5.69 Å². The van der Waals surface area contributed by atoms with E-state index in [1.165, 1.54) is 0 Å². The van der Waals surface area contributed by atoms with Crippen LogP contribution >= 0.6 is 15.9 Å². The standard InChI is InChI=1S/C20H12BrN3O/c21-13-10-11-15-18(12-13)24-17-9-5-4-8-16(17)22-20(24)23(19(15)25)14-6-2-1-3-7-14/h1-12H. The van der Waals surface area contributed by atoms with Gasteiger partial charge in [0.1, 0.15) is 0 Å². The minimum Gasteiger partial charge on any atom is -0.277 e. The molecule has 5 rings (SSSR count). The first-order valence-electron chi connectivity index (χ1n) is 7.91. The molecule has 0 aliphatic carbocycles. The van der Waals surface area contributed by atoms with Crippen LogP contribution in [0.4, 0.5) is 0 Å². The topological polar surface area (TPSA) is 39.3 Å². The average molecular weight is 390 g/mol. The van der Waals surface area contributed by atoms with Crippen molar-refractivity contribution in [3.63, 3.8) is 0 Å². The van der Waals surface area contributed by atoms with Crippen LogP contribution in [0, 0.1) is 0 Å². The van der Waals surface area contributed by atoms with E-state index in [1.54, 1.807) is 4.57 Å². The van der Waals surface area contributed by atoms with Crippen molar-refractivity contribution in [2.75, 3.05) is 0 Å². The summed E-state index contributed by atoms with van der Waals surface area (Å²) in [4.78, 5) is 18.0. The third kappa shape index (κ3) is 2.06. The SMILES string of the molecule is O=c1c2ccc(Br)cc2n2c3ccccc3nc2n1-c1ccccc1. The van der Waals surface area contributed by atoms with Gasteiger partial charge in [-0.15, -0.1) is 0 Å². The second-order valence-corrected chi connectivity index (χ2v) is 6.79. The maximum atomic E-state index is 13.2. The normalized spacial score (nSPS) is 11.6. The van der Waals surface area contributed by atoms with Gasteiger partial charge in [0, 0.05) is 4.47 Å². The molecule has 0 saturated carbocycles. The molecule has 0 aliphatic rings. The van der Waals surface area contributed by atoms with Crippen molar-refractivity contribution in [1.29, 1.82) is 0 Å². The largest absolute Gasteiger partial charge is 0.277 e. The van der Waals surface area contributed by atoms with Crippen molar-refractivity contribution >= 4 is 43.6 Å². The van der Waals surface area contributed by atoms with Gasteiger partial charge < -0.3 is 0 Å². The molecule has 0 spiro atoms. The Kier molecular flexibility index (Phi) is 3.05. The Hall–Kier alpha value is -2.92. The molecule has 0 amide bonds. The van der Waals surface area contributed by atoms with Crippen LogP contribution in [0.25, 0.3) is 33.4 Å². The summed E-state index contributed by atoms with van der Waals surface area (Å²) in [5.74, 6) is 0.614. The van der Waals surface area contributed by atoms with Gasteiger partial charge in [0.15, 0.2) is 0 Å². The van der Waals surface area contributed by atoms with Gasteiger partial charge in [-0.05, 0) is 42.5 Å². The molecule has 0 fully saturated rings. The van der Waals surface area contributed by atoms with E-state index in [2.05, 4.69) is 15.9 Å². The first-order chi connectivity index (χ1) is 12.2. The van der Waals surface area contributed by atoms with Gasteiger partial charge in [0.2, 0.25) is 5.78 Å². The summed E-state index contributed by atoms with van der Waals surface area (Å²) >= 11 is 3.52. The highest BCUT2D eigenvalue weighted by molar-refractivity contribution is 9.10. The molecular weight excluding hydrogens is 378 g/mol. The maximum absolute atomic E-state index is 13.2. The lowest BCUT2D eigenvalue weighted by atomic mass is 10.2. The van der Waals surface area contributed by atoms with Crippen LogP contribution in [0.5, 0.6) is 0 Å². The van der Waals surface area contributed by atoms with Crippen molar-refractivity contribution in [2.24, 2.45) is 0 Å². The molecule has 0 N–H and O–H groups in total. The minimum atomic E-state index is -0.0727. The van der Waals surface area contributed by atoms with Gasteiger partial charge >= 0.3 is 0 Å². The third-order valence-electron chi connectivity index (χ3n) is 4.39. The zero-order chi connectivity index (χ0) is 17.0. The van der Waals surface area contributed by atoms with Crippen molar-refractivity contribution in [3.05, 3.63) is 87.6 Å². The molecule has 0 bridgehead atoms. The molecule has 0 atom stereocenters. The molecule has 4 nitrogen and oxygen atoms in total. The number of halogens is 1. The molecule has 3 aromatic carbocycles. The van der Waals surface area contributed by atoms with Crippen molar-refractivity contribution in [1.82, 2.24) is 14.0 Å². The number of rotatable bonds is 1. The van der Waals surface area contributed by atoms with Crippen LogP contribution in [0.15, 0.2) is 82.1 Å². The molecule has 5 heteroatoms. The number of nitrogens with zero attached hydrogens (tertiary/aromatic N) is 3. The fraction of sp³-hybridized carbons (Fsp3) is 0. The van der Waals surface area contributed by atoms with E-state index >= 15 is 0 Å². The Labute approximate surface area is 151 Å². The summed E-state index contributed by atoms with van der Waals surface area (Å²) in [5, 5.41) is 0.655. The second-order valence-electron chi connectivity index (χ2n) is 5.87. The molecule has 2 heterocycles. The first kappa shape index (κ1) is 14.4. The number of imidazole rings is 1. The molecule has 120 valence electrons. The summed E-state index contributed by atoms with van der Waals surface area (Å²) in [6.07, 6.45) is 0. The number of hydrogen-bond acceptors (Lipinski definition) is 2. The Morgan fingerprint density at radius 1 is 0.840 bits per heavy atom. The highest BCUT2D eigenvalue weighted by Crippen LogP contribution is 2.25. The van der Waals surface area contributed by atoms with Crippen LogP contribution in [0.1, 0.15) is 0 Å². The van der Waals surface area contributed by atoms with E-state index in [1.807, 2.05) is 77.2 Å². The molecule has 0 saturated heterocycles. The highest BCUT2D eigenvalue weighted by Gasteiger charge is 2.16. The van der Waals surface area contributed by atoms with Crippen LogP contribution < -0.4 is 5.56 Å². The average Bonchev–Trinajstić information content (AvgIpc) is 3.02. The number of para-hydroxylation sites is 3. The van der Waals surface area contributed by atoms with E-state index in [0.29, 0.717) is 11.2 Å². The summed E-state index contributed by atoms with van der Waals surface area (Å²) < 4.78 is 4.65. The zero-order valence-corrected chi connectivity index (χ0v) is 14.6. The number of hydrogen-bond donors (Lipinski definition) is 0. The Morgan fingerprint density at radius 3 is 2.44 bits per heavy atom. The smallest absolute Gasteiger partial charge is 0.267 e. The molecular formula is C20H12BrN3O. The summed E-state index contributed by atoms with van der Waals surface area (Å²) in [5.41, 5.74) is 3.41. The number of aromatic nitrogens is 3. The summed E-state index contributed by atoms with van der Waals surface area (Å²) in [7, 11) is 0. The lowest BCUT2D eigenvalue weighted by Crippen LogP contribution is -2.21. The third-order valence-corrected chi connectivity index (χ3v) is 4.88. The lowest BCUT2D eigenvalue weighted by Gasteiger charge is -2.11. The van der Waals surface area contributed by atoms with E-state index in [9.17, 15) is 4.79 Å². The minimum absolute atomic E-state index is 0.0727. The quantitative estimate of drug-likeness (QED) is 0.421. The predicted octanol–water partition coefficient (Wildman–Crippen LogP) is 4.55. The van der Waals surface area contributed by atoms with Crippen molar-refractivity contribution < 1.29 is 0 Å². The fourth-order valence-electron chi connectivity index (χ4n) is 3.29. The fourth-order valence-corrected chi connectivity index (χ4v) is 3.64. The van der Waals surface area contributed by atoms with Crippen molar-refractivity contribution in [2.45, 2.75) is 0 Å². The van der Waals surface area contributed by atoms with E-state index in [-0.39, 0.29) is 5.56 Å². The van der Waals surface area contributed by atoms with E-state index in [0.717, 1.165) is 26.7 Å². The monoisotopic (exact) mass is 389 g/mol. The Balaban J connectivity index is 2.12. The Bertz CT molecular complexity index is 1320. The molecule has 25 heavy (non-hydrogen) atoms. The van der Waals surface area contributed by atoms with Gasteiger partial charge in [-0.1, -0.05) is 46.3 Å². The number of fused-ring (bicyclic) bond motifs is 5. The van der Waals surface area contributed by atoms with E-state index < -0.39 is 0 Å². The molecule has 0 radical (unpaired) electrons. The van der Waals surface area contributed by atoms with Gasteiger partial charge in [0.05, 0.1) is 27.6 Å². The first-order valence-corrected chi connectivity index (χ1v) is 8.70. The maximum Gasteiger partial charge on any atom is 0.267 e. The van der Waals surface area contributed by atoms with Crippen LogP contribution in [-0.2, 0) is 0 Å². The van der Waals surface area contributed by atoms with Crippen LogP contribution in [0.3, 0.4) is 0 Å². The summed E-state index contributed by atoms with van der Waals surface area (Å²) in [6, 6.07) is 23.3. The molecule has 5 aromatic rings. The second kappa shape index (κ2) is 5.29. The lowest BCUT2D eigenvalue weighted by molar-refractivity contribution is 0.983. The van der Waals surface area contributed by atoms with Gasteiger partial charge in [-0.2, -0.15) is 0 Å².